The molecule has 2 heterocycles. The van der Waals surface area contributed by atoms with Crippen LogP contribution in [0, 0.1) is 5.92 Å². The number of hydrogen-bond donors (Lipinski definition) is 1. The number of piperazine rings is 1. The van der Waals surface area contributed by atoms with Crippen LogP contribution in [0.15, 0.2) is 0 Å². The zero-order chi connectivity index (χ0) is 12.3. The van der Waals surface area contributed by atoms with Crippen molar-refractivity contribution in [2.24, 2.45) is 5.92 Å². The fourth-order valence-electron chi connectivity index (χ4n) is 3.10. The van der Waals surface area contributed by atoms with Gasteiger partial charge in [0.05, 0.1) is 6.61 Å². The van der Waals surface area contributed by atoms with E-state index in [0.717, 1.165) is 25.7 Å². The average molecular weight is 240 g/mol. The second-order valence-corrected chi connectivity index (χ2v) is 5.89. The van der Waals surface area contributed by atoms with Crippen molar-refractivity contribution < 1.29 is 4.74 Å². The van der Waals surface area contributed by atoms with E-state index in [9.17, 15) is 0 Å². The molecular formula is C14H28N2O. The molecule has 0 amide bonds. The average Bonchev–Trinajstić information content (AvgIpc) is 2.39. The molecule has 0 radical (unpaired) electrons. The first-order valence-electron chi connectivity index (χ1n) is 7.29. The summed E-state index contributed by atoms with van der Waals surface area (Å²) < 4.78 is 5.66. The minimum Gasteiger partial charge on any atom is -0.380 e. The number of hydrogen-bond acceptors (Lipinski definition) is 3. The monoisotopic (exact) mass is 240 g/mol. The van der Waals surface area contributed by atoms with Crippen LogP contribution in [0.25, 0.3) is 0 Å². The van der Waals surface area contributed by atoms with Gasteiger partial charge >= 0.3 is 0 Å². The lowest BCUT2D eigenvalue weighted by molar-refractivity contribution is -0.0197. The molecule has 0 aromatic heterocycles. The fourth-order valence-corrected chi connectivity index (χ4v) is 3.10. The highest BCUT2D eigenvalue weighted by Crippen LogP contribution is 2.22. The molecule has 0 saturated carbocycles. The molecular weight excluding hydrogens is 212 g/mol. The van der Waals surface area contributed by atoms with Gasteiger partial charge in [0.1, 0.15) is 0 Å². The molecule has 2 aliphatic heterocycles. The van der Waals surface area contributed by atoms with Gasteiger partial charge in [-0.25, -0.2) is 0 Å². The van der Waals surface area contributed by atoms with Gasteiger partial charge in [-0.1, -0.05) is 20.8 Å². The summed E-state index contributed by atoms with van der Waals surface area (Å²) in [6.45, 7) is 11.2. The predicted octanol–water partition coefficient (Wildman–Crippen LogP) is 1.87. The van der Waals surface area contributed by atoms with Crippen molar-refractivity contribution in [1.29, 1.82) is 0 Å². The first kappa shape index (κ1) is 13.3. The van der Waals surface area contributed by atoms with Gasteiger partial charge in [-0.15, -0.1) is 0 Å². The molecule has 100 valence electrons. The molecule has 2 rings (SSSR count). The molecule has 3 nitrogen and oxygen atoms in total. The number of rotatable bonds is 3. The minimum atomic E-state index is 0.653. The van der Waals surface area contributed by atoms with Crippen molar-refractivity contribution in [2.45, 2.75) is 58.2 Å². The van der Waals surface area contributed by atoms with E-state index in [1.165, 1.54) is 25.8 Å². The van der Waals surface area contributed by atoms with Crippen molar-refractivity contribution in [1.82, 2.24) is 10.2 Å². The van der Waals surface area contributed by atoms with Gasteiger partial charge in [-0.05, 0) is 25.2 Å². The summed E-state index contributed by atoms with van der Waals surface area (Å²) in [5.74, 6) is 0.722. The fraction of sp³-hybridized carbons (Fsp3) is 1.00. The largest absolute Gasteiger partial charge is 0.380 e. The van der Waals surface area contributed by atoms with E-state index in [2.05, 4.69) is 31.0 Å². The summed E-state index contributed by atoms with van der Waals surface area (Å²) in [6, 6.07) is 2.02. The smallest absolute Gasteiger partial charge is 0.0621 e. The zero-order valence-corrected chi connectivity index (χ0v) is 11.6. The van der Waals surface area contributed by atoms with E-state index < -0.39 is 0 Å². The van der Waals surface area contributed by atoms with E-state index in [1.54, 1.807) is 0 Å². The third kappa shape index (κ3) is 3.21. The Kier molecular flexibility index (Phi) is 4.83. The van der Waals surface area contributed by atoms with Crippen LogP contribution in [0.1, 0.15) is 40.0 Å². The lowest BCUT2D eigenvalue weighted by atomic mass is 9.95. The van der Waals surface area contributed by atoms with Crippen molar-refractivity contribution in [3.05, 3.63) is 0 Å². The molecule has 0 bridgehead atoms. The van der Waals surface area contributed by atoms with Crippen LogP contribution in [0.3, 0.4) is 0 Å². The quantitative estimate of drug-likeness (QED) is 0.815. The lowest BCUT2D eigenvalue weighted by Crippen LogP contribution is -2.61. The summed E-state index contributed by atoms with van der Waals surface area (Å²) >= 11 is 0. The van der Waals surface area contributed by atoms with E-state index in [0.29, 0.717) is 18.1 Å². The van der Waals surface area contributed by atoms with Crippen LogP contribution in [0.5, 0.6) is 0 Å². The Labute approximate surface area is 106 Å². The lowest BCUT2D eigenvalue weighted by Gasteiger charge is -2.46. The number of nitrogens with one attached hydrogen (secondary N) is 1. The van der Waals surface area contributed by atoms with Gasteiger partial charge < -0.3 is 10.1 Å². The third-order valence-corrected chi connectivity index (χ3v) is 4.37. The molecule has 1 N–H and O–H groups in total. The number of ether oxygens (including phenoxy) is 1. The van der Waals surface area contributed by atoms with Crippen LogP contribution >= 0.6 is 0 Å². The van der Waals surface area contributed by atoms with Crippen LogP contribution in [0.4, 0.5) is 0 Å². The Morgan fingerprint density at radius 1 is 1.41 bits per heavy atom. The Balaban J connectivity index is 1.98. The summed E-state index contributed by atoms with van der Waals surface area (Å²) in [6.07, 6.45) is 3.80. The summed E-state index contributed by atoms with van der Waals surface area (Å²) in [7, 11) is 0. The van der Waals surface area contributed by atoms with E-state index in [4.69, 9.17) is 4.74 Å². The molecule has 3 heteroatoms. The molecule has 17 heavy (non-hydrogen) atoms. The highest BCUT2D eigenvalue weighted by molar-refractivity contribution is 4.91. The first-order valence-corrected chi connectivity index (χ1v) is 7.29. The maximum Gasteiger partial charge on any atom is 0.0621 e. The molecule has 2 aliphatic rings. The molecule has 2 saturated heterocycles. The summed E-state index contributed by atoms with van der Waals surface area (Å²) in [5.41, 5.74) is 0. The second kappa shape index (κ2) is 6.17. The summed E-state index contributed by atoms with van der Waals surface area (Å²) in [4.78, 5) is 2.72. The van der Waals surface area contributed by atoms with Crippen molar-refractivity contribution in [3.63, 3.8) is 0 Å². The SMILES string of the molecule is CCC1CNC(C(C)C)CN1C1CCCOC1. The molecule has 0 aliphatic carbocycles. The van der Waals surface area contributed by atoms with E-state index >= 15 is 0 Å². The van der Waals surface area contributed by atoms with Crippen LogP contribution in [-0.4, -0.2) is 49.3 Å². The summed E-state index contributed by atoms with van der Waals surface area (Å²) in [5, 5.41) is 3.71. The highest BCUT2D eigenvalue weighted by atomic mass is 16.5. The van der Waals surface area contributed by atoms with Crippen molar-refractivity contribution >= 4 is 0 Å². The minimum absolute atomic E-state index is 0.653. The Bertz CT molecular complexity index is 226. The van der Waals surface area contributed by atoms with Gasteiger partial charge in [0.15, 0.2) is 0 Å². The standard InChI is InChI=1S/C14H28N2O/c1-4-12-8-15-14(11(2)3)9-16(12)13-6-5-7-17-10-13/h11-15H,4-10H2,1-3H3. The molecule has 3 atom stereocenters. The van der Waals surface area contributed by atoms with Gasteiger partial charge in [-0.3, -0.25) is 4.90 Å². The molecule has 2 fully saturated rings. The Hall–Kier alpha value is -0.120. The van der Waals surface area contributed by atoms with E-state index in [-0.39, 0.29) is 0 Å². The molecule has 3 unspecified atom stereocenters. The van der Waals surface area contributed by atoms with Gasteiger partial charge in [-0.2, -0.15) is 0 Å². The molecule has 0 aromatic carbocycles. The zero-order valence-electron chi connectivity index (χ0n) is 11.6. The number of nitrogens with zero attached hydrogens (tertiary/aromatic N) is 1. The molecule has 0 spiro atoms. The highest BCUT2D eigenvalue weighted by Gasteiger charge is 2.33. The maximum absolute atomic E-state index is 5.66. The predicted molar refractivity (Wildman–Crippen MR) is 71.3 cm³/mol. The maximum atomic E-state index is 5.66. The van der Waals surface area contributed by atoms with Crippen LogP contribution in [-0.2, 0) is 4.74 Å². The van der Waals surface area contributed by atoms with E-state index in [1.807, 2.05) is 0 Å². The van der Waals surface area contributed by atoms with Gasteiger partial charge in [0.25, 0.3) is 0 Å². The molecule has 0 aromatic rings. The normalized spacial score (nSPS) is 36.4. The van der Waals surface area contributed by atoms with Gasteiger partial charge in [0, 0.05) is 37.8 Å². The third-order valence-electron chi connectivity index (χ3n) is 4.37. The second-order valence-electron chi connectivity index (χ2n) is 5.89. The first-order chi connectivity index (χ1) is 8.22. The van der Waals surface area contributed by atoms with Crippen LogP contribution < -0.4 is 5.32 Å². The topological polar surface area (TPSA) is 24.5 Å². The van der Waals surface area contributed by atoms with Crippen molar-refractivity contribution in [2.75, 3.05) is 26.3 Å². The Morgan fingerprint density at radius 2 is 2.24 bits per heavy atom. The van der Waals surface area contributed by atoms with Gasteiger partial charge in [0.2, 0.25) is 0 Å². The van der Waals surface area contributed by atoms with Crippen LogP contribution in [0.2, 0.25) is 0 Å². The Morgan fingerprint density at radius 3 is 2.82 bits per heavy atom. The van der Waals surface area contributed by atoms with Crippen molar-refractivity contribution in [3.8, 4) is 0 Å².